The second-order valence-corrected chi connectivity index (χ2v) is 8.29. The number of carboxylic acids is 1. The molecule has 2 aromatic heterocycles. The molecule has 1 aliphatic carbocycles. The molecule has 4 rings (SSSR count). The molecule has 3 atom stereocenters. The molecule has 0 amide bonds. The van der Waals surface area contributed by atoms with Crippen LogP contribution in [0.15, 0.2) is 24.5 Å². The lowest BCUT2D eigenvalue weighted by Gasteiger charge is -2.18. The number of halogens is 1. The van der Waals surface area contributed by atoms with Crippen molar-refractivity contribution in [3.8, 4) is 5.75 Å². The molecule has 1 fully saturated rings. The maximum atomic E-state index is 14.0. The van der Waals surface area contributed by atoms with E-state index in [1.54, 1.807) is 27.2 Å². The highest BCUT2D eigenvalue weighted by Gasteiger charge is 2.36. The molecule has 0 bridgehead atoms. The monoisotopic (exact) mass is 447 g/mol. The summed E-state index contributed by atoms with van der Waals surface area (Å²) < 4.78 is 31.0. The summed E-state index contributed by atoms with van der Waals surface area (Å²) in [5.41, 5.74) is 1.08. The summed E-state index contributed by atoms with van der Waals surface area (Å²) in [6.07, 6.45) is 2.21. The van der Waals surface area contributed by atoms with Crippen LogP contribution in [0, 0.1) is 12.7 Å². The molecule has 10 heteroatoms. The van der Waals surface area contributed by atoms with Crippen LogP contribution < -0.4 is 10.1 Å². The van der Waals surface area contributed by atoms with Crippen molar-refractivity contribution in [2.45, 2.75) is 38.1 Å². The van der Waals surface area contributed by atoms with Gasteiger partial charge >= 0.3 is 5.97 Å². The third-order valence-corrected chi connectivity index (χ3v) is 6.61. The average molecular weight is 447 g/mol. The number of aromatic carboxylic acids is 1. The van der Waals surface area contributed by atoms with E-state index in [1.165, 1.54) is 18.5 Å². The average Bonchev–Trinajstić information content (AvgIpc) is 3.31. The molecule has 31 heavy (non-hydrogen) atoms. The molecule has 1 saturated carbocycles. The normalized spacial score (nSPS) is 20.8. The minimum absolute atomic E-state index is 0.0932. The van der Waals surface area contributed by atoms with Gasteiger partial charge in [-0.2, -0.15) is 0 Å². The molecular weight excluding hydrogens is 425 g/mol. The van der Waals surface area contributed by atoms with Crippen molar-refractivity contribution >= 4 is 39.0 Å². The van der Waals surface area contributed by atoms with Crippen molar-refractivity contribution in [2.24, 2.45) is 0 Å². The summed E-state index contributed by atoms with van der Waals surface area (Å²) in [6.45, 7) is 1.72. The maximum Gasteiger partial charge on any atom is 0.346 e. The molecule has 2 heterocycles. The maximum absolute atomic E-state index is 14.0. The van der Waals surface area contributed by atoms with Crippen molar-refractivity contribution < 1.29 is 28.5 Å². The van der Waals surface area contributed by atoms with Crippen molar-refractivity contribution in [1.82, 2.24) is 9.97 Å². The Labute approximate surface area is 182 Å². The van der Waals surface area contributed by atoms with Gasteiger partial charge in [-0.3, -0.25) is 0 Å². The number of thiophene rings is 1. The highest BCUT2D eigenvalue weighted by molar-refractivity contribution is 7.20. The Morgan fingerprint density at radius 2 is 1.94 bits per heavy atom. The van der Waals surface area contributed by atoms with Gasteiger partial charge in [0.05, 0.1) is 23.3 Å². The van der Waals surface area contributed by atoms with E-state index in [9.17, 15) is 14.3 Å². The summed E-state index contributed by atoms with van der Waals surface area (Å²) >= 11 is 1.09. The standard InChI is InChI=1S/C21H22FN3O5S/c1-10-17-19(23-9-24-20(17)31-18(10)21(26)27)25-13-5-4-11(22)6-14(13)30-12-7-15(28-2)16(8-12)29-3/h4-6,9,12,15-16H,7-8H2,1-3H3,(H,26,27)(H,23,24,25)/t12-,15+,16-. The lowest BCUT2D eigenvalue weighted by molar-refractivity contribution is -0.0157. The molecule has 0 unspecified atom stereocenters. The van der Waals surface area contributed by atoms with E-state index in [0.717, 1.165) is 11.3 Å². The van der Waals surface area contributed by atoms with Crippen molar-refractivity contribution in [3.05, 3.63) is 40.8 Å². The fourth-order valence-corrected chi connectivity index (χ4v) is 4.87. The molecule has 0 aliphatic heterocycles. The molecular formula is C21H22FN3O5S. The number of hydrogen-bond acceptors (Lipinski definition) is 8. The quantitative estimate of drug-likeness (QED) is 0.557. The predicted octanol–water partition coefficient (Wildman–Crippen LogP) is 4.15. The molecule has 0 spiro atoms. The van der Waals surface area contributed by atoms with Gasteiger partial charge in [-0.05, 0) is 24.6 Å². The van der Waals surface area contributed by atoms with Gasteiger partial charge in [-0.25, -0.2) is 19.2 Å². The van der Waals surface area contributed by atoms with Gasteiger partial charge in [0.25, 0.3) is 0 Å². The molecule has 0 saturated heterocycles. The molecule has 1 aromatic carbocycles. The van der Waals surface area contributed by atoms with Gasteiger partial charge in [0.15, 0.2) is 0 Å². The minimum Gasteiger partial charge on any atom is -0.488 e. The van der Waals surface area contributed by atoms with Gasteiger partial charge in [-0.1, -0.05) is 0 Å². The Kier molecular flexibility index (Phi) is 6.03. The van der Waals surface area contributed by atoms with E-state index >= 15 is 0 Å². The van der Waals surface area contributed by atoms with Crippen LogP contribution in [0.25, 0.3) is 10.2 Å². The number of ether oxygens (including phenoxy) is 3. The van der Waals surface area contributed by atoms with Crippen LogP contribution in [-0.4, -0.2) is 53.6 Å². The second kappa shape index (κ2) is 8.74. The van der Waals surface area contributed by atoms with E-state index in [1.807, 2.05) is 0 Å². The Bertz CT molecular complexity index is 1110. The Morgan fingerprint density at radius 3 is 2.58 bits per heavy atom. The van der Waals surface area contributed by atoms with Gasteiger partial charge < -0.3 is 24.6 Å². The first-order valence-corrected chi connectivity index (χ1v) is 10.5. The number of carboxylic acid groups (broad SMARTS) is 1. The Morgan fingerprint density at radius 1 is 1.23 bits per heavy atom. The van der Waals surface area contributed by atoms with Crippen molar-refractivity contribution in [2.75, 3.05) is 19.5 Å². The number of hydrogen-bond donors (Lipinski definition) is 2. The van der Waals surface area contributed by atoms with Crippen LogP contribution in [0.5, 0.6) is 5.75 Å². The fraction of sp³-hybridized carbons (Fsp3) is 0.381. The molecule has 8 nitrogen and oxygen atoms in total. The largest absolute Gasteiger partial charge is 0.488 e. The smallest absolute Gasteiger partial charge is 0.346 e. The van der Waals surface area contributed by atoms with Crippen LogP contribution in [0.3, 0.4) is 0 Å². The third kappa shape index (κ3) is 4.18. The van der Waals surface area contributed by atoms with Crippen LogP contribution in [0.1, 0.15) is 28.1 Å². The summed E-state index contributed by atoms with van der Waals surface area (Å²) in [7, 11) is 3.26. The zero-order valence-electron chi connectivity index (χ0n) is 17.2. The predicted molar refractivity (Wildman–Crippen MR) is 114 cm³/mol. The topological polar surface area (TPSA) is 103 Å². The SMILES string of the molecule is CO[C@H]1C[C@@H](Oc2cc(F)ccc2Nc2ncnc3sc(C(=O)O)c(C)c23)C[C@H]1OC. The number of benzene rings is 1. The second-order valence-electron chi connectivity index (χ2n) is 7.29. The fourth-order valence-electron chi connectivity index (χ4n) is 3.88. The van der Waals surface area contributed by atoms with Gasteiger partial charge in [-0.15, -0.1) is 11.3 Å². The van der Waals surface area contributed by atoms with Gasteiger partial charge in [0.2, 0.25) is 0 Å². The Balaban J connectivity index is 1.65. The van der Waals surface area contributed by atoms with Crippen molar-refractivity contribution in [1.29, 1.82) is 0 Å². The number of aryl methyl sites for hydroxylation is 1. The van der Waals surface area contributed by atoms with E-state index in [4.69, 9.17) is 14.2 Å². The highest BCUT2D eigenvalue weighted by Crippen LogP contribution is 2.38. The number of nitrogens with zero attached hydrogens (tertiary/aromatic N) is 2. The van der Waals surface area contributed by atoms with E-state index in [0.29, 0.717) is 45.9 Å². The van der Waals surface area contributed by atoms with Crippen LogP contribution in [-0.2, 0) is 9.47 Å². The third-order valence-electron chi connectivity index (χ3n) is 5.42. The van der Waals surface area contributed by atoms with E-state index in [-0.39, 0.29) is 23.2 Å². The molecule has 1 aliphatic rings. The first-order chi connectivity index (χ1) is 14.9. The zero-order valence-corrected chi connectivity index (χ0v) is 18.0. The number of rotatable bonds is 7. The lowest BCUT2D eigenvalue weighted by atomic mass is 10.2. The summed E-state index contributed by atoms with van der Waals surface area (Å²) in [5, 5.41) is 13.2. The summed E-state index contributed by atoms with van der Waals surface area (Å²) in [5.74, 6) is -0.690. The number of carbonyl (C=O) groups is 1. The van der Waals surface area contributed by atoms with Crippen LogP contribution in [0.4, 0.5) is 15.9 Å². The first kappa shape index (κ1) is 21.4. The summed E-state index contributed by atoms with van der Waals surface area (Å²) in [6, 6.07) is 4.20. The molecule has 3 aromatic rings. The van der Waals surface area contributed by atoms with Crippen LogP contribution >= 0.6 is 11.3 Å². The molecule has 2 N–H and O–H groups in total. The minimum atomic E-state index is -1.01. The van der Waals surface area contributed by atoms with Crippen molar-refractivity contribution in [3.63, 3.8) is 0 Å². The summed E-state index contributed by atoms with van der Waals surface area (Å²) in [4.78, 5) is 20.7. The number of nitrogens with one attached hydrogen (secondary N) is 1. The molecule has 0 radical (unpaired) electrons. The molecule has 164 valence electrons. The number of aromatic nitrogens is 2. The number of methoxy groups -OCH3 is 2. The highest BCUT2D eigenvalue weighted by atomic mass is 32.1. The van der Waals surface area contributed by atoms with Gasteiger partial charge in [0.1, 0.15) is 39.5 Å². The first-order valence-electron chi connectivity index (χ1n) is 9.67. The van der Waals surface area contributed by atoms with E-state index < -0.39 is 11.8 Å². The van der Waals surface area contributed by atoms with Crippen LogP contribution in [0.2, 0.25) is 0 Å². The van der Waals surface area contributed by atoms with E-state index in [2.05, 4.69) is 15.3 Å². The number of fused-ring (bicyclic) bond motifs is 1. The van der Waals surface area contributed by atoms with Gasteiger partial charge in [0, 0.05) is 33.1 Å². The number of anilines is 2. The lowest BCUT2D eigenvalue weighted by Crippen LogP contribution is -2.23. The Hall–Kier alpha value is -2.82. The zero-order chi connectivity index (χ0) is 22.1.